The number of hydrogen-bond acceptors (Lipinski definition) is 4. The zero-order valence-electron chi connectivity index (χ0n) is 15.0. The predicted octanol–water partition coefficient (Wildman–Crippen LogP) is 3.75. The molecule has 1 unspecified atom stereocenters. The fourth-order valence-electron chi connectivity index (χ4n) is 2.35. The van der Waals surface area contributed by atoms with Gasteiger partial charge in [0.2, 0.25) is 0 Å². The maximum Gasteiger partial charge on any atom is 0.165 e. The molecule has 1 heterocycles. The highest BCUT2D eigenvalue weighted by atomic mass is 32.2. The van der Waals surface area contributed by atoms with Crippen LogP contribution in [0.15, 0.2) is 47.5 Å². The number of aromatic nitrogens is 1. The standard InChI is InChI=1S/C20H12F4N4OS/c21-13-6-14(22)8-15(7-13)30(29)28-18-4-3-17(23)16(19(18)24)2-1-11-5-12(9-25)20(26)27-10-11/h3-10,25,28H,(H2,26,27). The lowest BCUT2D eigenvalue weighted by Gasteiger charge is -2.09. The lowest BCUT2D eigenvalue weighted by Crippen LogP contribution is -2.08. The zero-order chi connectivity index (χ0) is 21.8. The number of halogens is 4. The van der Waals surface area contributed by atoms with Crippen LogP contribution in [0.2, 0.25) is 0 Å². The summed E-state index contributed by atoms with van der Waals surface area (Å²) in [5.41, 5.74) is 5.13. The van der Waals surface area contributed by atoms with E-state index < -0.39 is 39.8 Å². The monoisotopic (exact) mass is 432 g/mol. The third kappa shape index (κ3) is 4.64. The predicted molar refractivity (Wildman–Crippen MR) is 105 cm³/mol. The fourth-order valence-corrected chi connectivity index (χ4v) is 3.27. The third-order valence-electron chi connectivity index (χ3n) is 3.78. The van der Waals surface area contributed by atoms with Crippen LogP contribution >= 0.6 is 0 Å². The summed E-state index contributed by atoms with van der Waals surface area (Å²) in [6, 6.07) is 5.56. The molecule has 1 atom stereocenters. The van der Waals surface area contributed by atoms with Crippen LogP contribution in [-0.2, 0) is 11.0 Å². The molecule has 0 radical (unpaired) electrons. The molecule has 1 aromatic heterocycles. The molecule has 0 saturated carbocycles. The summed E-state index contributed by atoms with van der Waals surface area (Å²) in [6.45, 7) is 0. The van der Waals surface area contributed by atoms with E-state index in [0.29, 0.717) is 6.07 Å². The molecule has 0 spiro atoms. The largest absolute Gasteiger partial charge is 0.383 e. The van der Waals surface area contributed by atoms with Gasteiger partial charge in [-0.2, -0.15) is 0 Å². The van der Waals surface area contributed by atoms with Gasteiger partial charge >= 0.3 is 0 Å². The lowest BCUT2D eigenvalue weighted by atomic mass is 10.1. The summed E-state index contributed by atoms with van der Waals surface area (Å²) in [6.07, 6.45) is 2.24. The van der Waals surface area contributed by atoms with Crippen LogP contribution < -0.4 is 10.5 Å². The Balaban J connectivity index is 1.93. The Morgan fingerprint density at radius 1 is 1.07 bits per heavy atom. The highest BCUT2D eigenvalue weighted by molar-refractivity contribution is 7.86. The molecule has 5 nitrogen and oxygen atoms in total. The van der Waals surface area contributed by atoms with E-state index in [1.807, 2.05) is 0 Å². The minimum atomic E-state index is -2.22. The SMILES string of the molecule is N=Cc1cc(C#Cc2c(F)ccc(NS(=O)c3cc(F)cc(F)c3)c2F)cnc1N. The summed E-state index contributed by atoms with van der Waals surface area (Å²) in [5.74, 6) is 0.943. The number of hydrogen-bond donors (Lipinski definition) is 3. The van der Waals surface area contributed by atoms with E-state index in [9.17, 15) is 21.8 Å². The van der Waals surface area contributed by atoms with Crippen molar-refractivity contribution in [3.63, 3.8) is 0 Å². The topological polar surface area (TPSA) is 91.9 Å². The second-order valence-electron chi connectivity index (χ2n) is 5.85. The second kappa shape index (κ2) is 8.75. The van der Waals surface area contributed by atoms with Gasteiger partial charge in [0.05, 0.1) is 16.1 Å². The van der Waals surface area contributed by atoms with Crippen LogP contribution in [0.1, 0.15) is 16.7 Å². The van der Waals surface area contributed by atoms with E-state index in [-0.39, 0.29) is 27.5 Å². The van der Waals surface area contributed by atoms with Gasteiger partial charge in [-0.15, -0.1) is 0 Å². The molecule has 3 aromatic rings. The first kappa shape index (κ1) is 21.0. The van der Waals surface area contributed by atoms with Crippen molar-refractivity contribution in [3.05, 3.63) is 82.6 Å². The molecule has 2 aromatic carbocycles. The van der Waals surface area contributed by atoms with Crippen LogP contribution in [0.3, 0.4) is 0 Å². The van der Waals surface area contributed by atoms with Crippen molar-refractivity contribution in [2.24, 2.45) is 0 Å². The number of rotatable bonds is 4. The molecule has 0 aliphatic carbocycles. The Morgan fingerprint density at radius 3 is 2.43 bits per heavy atom. The Morgan fingerprint density at radius 2 is 1.77 bits per heavy atom. The Hall–Kier alpha value is -3.71. The quantitative estimate of drug-likeness (QED) is 0.333. The van der Waals surface area contributed by atoms with Gasteiger partial charge in [-0.25, -0.2) is 26.8 Å². The summed E-state index contributed by atoms with van der Waals surface area (Å²) >= 11 is 0. The maximum atomic E-state index is 14.7. The molecular weight excluding hydrogens is 420 g/mol. The second-order valence-corrected chi connectivity index (χ2v) is 7.07. The van der Waals surface area contributed by atoms with Crippen LogP contribution in [-0.4, -0.2) is 15.4 Å². The Labute approximate surface area is 171 Å². The molecule has 0 amide bonds. The van der Waals surface area contributed by atoms with Crippen molar-refractivity contribution in [2.75, 3.05) is 10.5 Å². The molecule has 10 heteroatoms. The highest BCUT2D eigenvalue weighted by Crippen LogP contribution is 2.23. The first-order valence-electron chi connectivity index (χ1n) is 8.19. The van der Waals surface area contributed by atoms with Crippen LogP contribution in [0.5, 0.6) is 0 Å². The van der Waals surface area contributed by atoms with Crippen molar-refractivity contribution >= 4 is 28.7 Å². The minimum Gasteiger partial charge on any atom is -0.383 e. The molecule has 4 N–H and O–H groups in total. The number of nitrogens with zero attached hydrogens (tertiary/aromatic N) is 1. The van der Waals surface area contributed by atoms with Crippen LogP contribution in [0.4, 0.5) is 29.1 Å². The number of nitrogen functional groups attached to an aromatic ring is 1. The van der Waals surface area contributed by atoms with E-state index in [0.717, 1.165) is 30.5 Å². The minimum absolute atomic E-state index is 0.107. The molecule has 0 bridgehead atoms. The van der Waals surface area contributed by atoms with Gasteiger partial charge in [0.25, 0.3) is 0 Å². The molecule has 152 valence electrons. The van der Waals surface area contributed by atoms with Crippen molar-refractivity contribution in [1.82, 2.24) is 4.98 Å². The van der Waals surface area contributed by atoms with Crippen LogP contribution in [0.25, 0.3) is 0 Å². The number of anilines is 2. The van der Waals surface area contributed by atoms with Crippen molar-refractivity contribution in [2.45, 2.75) is 4.90 Å². The summed E-state index contributed by atoms with van der Waals surface area (Å²) in [7, 11) is -2.22. The zero-order valence-corrected chi connectivity index (χ0v) is 15.8. The summed E-state index contributed by atoms with van der Waals surface area (Å²) < 4.78 is 69.9. The van der Waals surface area contributed by atoms with E-state index >= 15 is 0 Å². The van der Waals surface area contributed by atoms with Gasteiger partial charge in [-0.05, 0) is 30.3 Å². The molecule has 0 fully saturated rings. The average molecular weight is 432 g/mol. The normalized spacial score (nSPS) is 11.3. The van der Waals surface area contributed by atoms with Crippen LogP contribution in [0, 0.1) is 40.5 Å². The smallest absolute Gasteiger partial charge is 0.165 e. The van der Waals surface area contributed by atoms with Gasteiger partial charge in [0.1, 0.15) is 23.3 Å². The van der Waals surface area contributed by atoms with E-state index in [2.05, 4.69) is 21.5 Å². The van der Waals surface area contributed by atoms with Gasteiger partial charge in [0, 0.05) is 29.6 Å². The van der Waals surface area contributed by atoms with E-state index in [4.69, 9.17) is 11.1 Å². The number of nitrogens with one attached hydrogen (secondary N) is 2. The summed E-state index contributed by atoms with van der Waals surface area (Å²) in [4.78, 5) is 3.57. The number of pyridine rings is 1. The van der Waals surface area contributed by atoms with Crippen molar-refractivity contribution in [1.29, 1.82) is 5.41 Å². The maximum absolute atomic E-state index is 14.7. The first-order chi connectivity index (χ1) is 14.3. The lowest BCUT2D eigenvalue weighted by molar-refractivity contribution is 0.576. The number of nitrogens with two attached hydrogens (primary N) is 1. The molecule has 0 aliphatic rings. The molecular formula is C20H12F4N4OS. The van der Waals surface area contributed by atoms with E-state index in [1.54, 1.807) is 0 Å². The average Bonchev–Trinajstić information content (AvgIpc) is 2.70. The van der Waals surface area contributed by atoms with Crippen molar-refractivity contribution < 1.29 is 21.8 Å². The van der Waals surface area contributed by atoms with Gasteiger partial charge in [-0.1, -0.05) is 11.8 Å². The van der Waals surface area contributed by atoms with Gasteiger partial charge in [0.15, 0.2) is 16.8 Å². The van der Waals surface area contributed by atoms with Gasteiger partial charge < -0.3 is 11.1 Å². The van der Waals surface area contributed by atoms with Gasteiger partial charge in [-0.3, -0.25) is 4.72 Å². The highest BCUT2D eigenvalue weighted by Gasteiger charge is 2.15. The molecule has 0 saturated heterocycles. The number of benzene rings is 2. The fraction of sp³-hybridized carbons (Fsp3) is 0. The molecule has 30 heavy (non-hydrogen) atoms. The Bertz CT molecular complexity index is 1220. The van der Waals surface area contributed by atoms with Crippen molar-refractivity contribution in [3.8, 4) is 11.8 Å². The first-order valence-corrected chi connectivity index (χ1v) is 9.34. The molecule has 0 aliphatic heterocycles. The molecule has 3 rings (SSSR count). The van der Waals surface area contributed by atoms with E-state index in [1.165, 1.54) is 12.3 Å². The summed E-state index contributed by atoms with van der Waals surface area (Å²) in [5, 5.41) is 7.24. The Kier molecular flexibility index (Phi) is 6.13. The third-order valence-corrected chi connectivity index (χ3v) is 4.85.